The highest BCUT2D eigenvalue weighted by Crippen LogP contribution is 2.07. The Labute approximate surface area is 83.2 Å². The summed E-state index contributed by atoms with van der Waals surface area (Å²) in [6, 6.07) is 0. The van der Waals surface area contributed by atoms with Crippen LogP contribution in [0.4, 0.5) is 0 Å². The molecule has 14 heavy (non-hydrogen) atoms. The Morgan fingerprint density at radius 3 is 2.14 bits per heavy atom. The predicted molar refractivity (Wildman–Crippen MR) is 52.1 cm³/mol. The fraction of sp³-hybridized carbons (Fsp3) is 0.600. The number of allylic oxidation sites excluding steroid dienone is 2. The van der Waals surface area contributed by atoms with Crippen LogP contribution in [-0.4, -0.2) is 22.2 Å². The van der Waals surface area contributed by atoms with Crippen LogP contribution in [0.3, 0.4) is 0 Å². The Bertz CT molecular complexity index is 230. The lowest BCUT2D eigenvalue weighted by Gasteiger charge is -1.97. The van der Waals surface area contributed by atoms with Crippen LogP contribution in [0.2, 0.25) is 0 Å². The number of carboxylic acids is 2. The fourth-order valence-electron chi connectivity index (χ4n) is 1.01. The second kappa shape index (κ2) is 7.12. The monoisotopic (exact) mass is 200 g/mol. The largest absolute Gasteiger partial charge is 0.481 e. The summed E-state index contributed by atoms with van der Waals surface area (Å²) in [6.45, 7) is 1.86. The molecule has 0 fully saturated rings. The highest BCUT2D eigenvalue weighted by atomic mass is 16.4. The van der Waals surface area contributed by atoms with Crippen molar-refractivity contribution >= 4 is 11.9 Å². The van der Waals surface area contributed by atoms with Gasteiger partial charge in [-0.05, 0) is 26.2 Å². The standard InChI is InChI=1S/C10H16O4/c1-8(6-7-10(13)14)4-2-3-5-9(11)12/h4H,2-3,5-7H2,1H3,(H,11,12)(H,13,14)/b8-4+. The Balaban J connectivity index is 3.55. The van der Waals surface area contributed by atoms with Crippen molar-refractivity contribution in [1.82, 2.24) is 0 Å². The maximum Gasteiger partial charge on any atom is 0.303 e. The molecular weight excluding hydrogens is 184 g/mol. The number of hydrogen-bond acceptors (Lipinski definition) is 2. The van der Waals surface area contributed by atoms with Crippen molar-refractivity contribution in [2.75, 3.05) is 0 Å². The molecule has 0 aromatic carbocycles. The number of unbranched alkanes of at least 4 members (excludes halogenated alkanes) is 1. The summed E-state index contributed by atoms with van der Waals surface area (Å²) >= 11 is 0. The van der Waals surface area contributed by atoms with Crippen molar-refractivity contribution in [3.63, 3.8) is 0 Å². The SMILES string of the molecule is C/C(=C\CCCC(=O)O)CCC(=O)O. The number of carboxylic acid groups (broad SMARTS) is 2. The minimum Gasteiger partial charge on any atom is -0.481 e. The van der Waals surface area contributed by atoms with Gasteiger partial charge in [0.05, 0.1) is 0 Å². The second-order valence-electron chi connectivity index (χ2n) is 3.23. The first kappa shape index (κ1) is 12.7. The summed E-state index contributed by atoms with van der Waals surface area (Å²) < 4.78 is 0. The molecule has 0 aliphatic carbocycles. The van der Waals surface area contributed by atoms with Crippen molar-refractivity contribution in [1.29, 1.82) is 0 Å². The molecule has 0 saturated heterocycles. The quantitative estimate of drug-likeness (QED) is 0.487. The Kier molecular flexibility index (Phi) is 6.45. The fourth-order valence-corrected chi connectivity index (χ4v) is 1.01. The van der Waals surface area contributed by atoms with Gasteiger partial charge in [0, 0.05) is 12.8 Å². The molecule has 0 aromatic rings. The zero-order valence-corrected chi connectivity index (χ0v) is 8.32. The van der Waals surface area contributed by atoms with Crippen LogP contribution in [0.1, 0.15) is 39.0 Å². The van der Waals surface area contributed by atoms with E-state index in [-0.39, 0.29) is 12.8 Å². The summed E-state index contributed by atoms with van der Waals surface area (Å²) in [7, 11) is 0. The molecule has 0 aliphatic heterocycles. The van der Waals surface area contributed by atoms with Crippen LogP contribution < -0.4 is 0 Å². The molecule has 0 saturated carbocycles. The number of carbonyl (C=O) groups is 2. The lowest BCUT2D eigenvalue weighted by molar-refractivity contribution is -0.138. The van der Waals surface area contributed by atoms with Gasteiger partial charge in [0.2, 0.25) is 0 Å². The van der Waals surface area contributed by atoms with Gasteiger partial charge in [-0.3, -0.25) is 9.59 Å². The highest BCUT2D eigenvalue weighted by Gasteiger charge is 1.98. The van der Waals surface area contributed by atoms with E-state index in [1.165, 1.54) is 0 Å². The molecule has 0 aromatic heterocycles. The van der Waals surface area contributed by atoms with Crippen molar-refractivity contribution in [2.45, 2.75) is 39.0 Å². The van der Waals surface area contributed by atoms with Crippen LogP contribution in [0.15, 0.2) is 11.6 Å². The van der Waals surface area contributed by atoms with Gasteiger partial charge >= 0.3 is 11.9 Å². The van der Waals surface area contributed by atoms with Gasteiger partial charge in [-0.15, -0.1) is 0 Å². The van der Waals surface area contributed by atoms with E-state index in [4.69, 9.17) is 10.2 Å². The predicted octanol–water partition coefficient (Wildman–Crippen LogP) is 2.05. The van der Waals surface area contributed by atoms with Gasteiger partial charge in [0.25, 0.3) is 0 Å². The maximum atomic E-state index is 10.2. The van der Waals surface area contributed by atoms with Gasteiger partial charge in [-0.2, -0.15) is 0 Å². The molecule has 0 bridgehead atoms. The van der Waals surface area contributed by atoms with E-state index in [2.05, 4.69) is 0 Å². The first-order valence-electron chi connectivity index (χ1n) is 4.61. The van der Waals surface area contributed by atoms with Crippen LogP contribution in [-0.2, 0) is 9.59 Å². The summed E-state index contributed by atoms with van der Waals surface area (Å²) in [5.41, 5.74) is 1.01. The molecule has 4 nitrogen and oxygen atoms in total. The Morgan fingerprint density at radius 2 is 1.64 bits per heavy atom. The van der Waals surface area contributed by atoms with Crippen molar-refractivity contribution in [3.05, 3.63) is 11.6 Å². The molecular formula is C10H16O4. The van der Waals surface area contributed by atoms with Gasteiger partial charge in [0.1, 0.15) is 0 Å². The molecule has 4 heteroatoms. The number of aliphatic carboxylic acids is 2. The van der Waals surface area contributed by atoms with E-state index in [0.717, 1.165) is 5.57 Å². The van der Waals surface area contributed by atoms with Crippen molar-refractivity contribution in [3.8, 4) is 0 Å². The topological polar surface area (TPSA) is 74.6 Å². The summed E-state index contributed by atoms with van der Waals surface area (Å²) in [5, 5.41) is 16.8. The molecule has 80 valence electrons. The molecule has 0 atom stereocenters. The van der Waals surface area contributed by atoms with Crippen molar-refractivity contribution in [2.24, 2.45) is 0 Å². The molecule has 0 spiro atoms. The highest BCUT2D eigenvalue weighted by molar-refractivity contribution is 5.67. The Hall–Kier alpha value is -1.32. The summed E-state index contributed by atoms with van der Waals surface area (Å²) in [6.07, 6.45) is 4.08. The molecule has 0 heterocycles. The molecule has 0 amide bonds. The zero-order valence-electron chi connectivity index (χ0n) is 8.32. The lowest BCUT2D eigenvalue weighted by Crippen LogP contribution is -1.95. The van der Waals surface area contributed by atoms with E-state index >= 15 is 0 Å². The summed E-state index contributed by atoms with van der Waals surface area (Å²) in [4.78, 5) is 20.4. The minimum atomic E-state index is -0.803. The van der Waals surface area contributed by atoms with Gasteiger partial charge in [-0.1, -0.05) is 11.6 Å². The van der Waals surface area contributed by atoms with Gasteiger partial charge < -0.3 is 10.2 Å². The average molecular weight is 200 g/mol. The van der Waals surface area contributed by atoms with E-state index in [9.17, 15) is 9.59 Å². The zero-order chi connectivity index (χ0) is 11.0. The van der Waals surface area contributed by atoms with Crippen LogP contribution in [0.5, 0.6) is 0 Å². The second-order valence-corrected chi connectivity index (χ2v) is 3.23. The first-order valence-corrected chi connectivity index (χ1v) is 4.61. The normalized spacial score (nSPS) is 11.4. The number of hydrogen-bond donors (Lipinski definition) is 2. The van der Waals surface area contributed by atoms with Crippen molar-refractivity contribution < 1.29 is 19.8 Å². The van der Waals surface area contributed by atoms with E-state index in [0.29, 0.717) is 19.3 Å². The van der Waals surface area contributed by atoms with Crippen LogP contribution in [0.25, 0.3) is 0 Å². The Morgan fingerprint density at radius 1 is 1.07 bits per heavy atom. The third kappa shape index (κ3) is 8.77. The molecule has 0 radical (unpaired) electrons. The average Bonchev–Trinajstić information content (AvgIpc) is 2.08. The molecule has 2 N–H and O–H groups in total. The summed E-state index contributed by atoms with van der Waals surface area (Å²) in [5.74, 6) is -1.59. The first-order chi connectivity index (χ1) is 6.52. The maximum absolute atomic E-state index is 10.2. The van der Waals surface area contributed by atoms with Gasteiger partial charge in [0.15, 0.2) is 0 Å². The van der Waals surface area contributed by atoms with E-state index in [1.807, 2.05) is 13.0 Å². The number of rotatable bonds is 7. The molecule has 0 unspecified atom stereocenters. The molecule has 0 rings (SSSR count). The van der Waals surface area contributed by atoms with Crippen LogP contribution in [0, 0.1) is 0 Å². The lowest BCUT2D eigenvalue weighted by atomic mass is 10.1. The third-order valence-corrected chi connectivity index (χ3v) is 1.82. The third-order valence-electron chi connectivity index (χ3n) is 1.82. The van der Waals surface area contributed by atoms with E-state index in [1.54, 1.807) is 0 Å². The van der Waals surface area contributed by atoms with Crippen LogP contribution >= 0.6 is 0 Å². The molecule has 0 aliphatic rings. The minimum absolute atomic E-state index is 0.140. The van der Waals surface area contributed by atoms with Gasteiger partial charge in [-0.25, -0.2) is 0 Å². The smallest absolute Gasteiger partial charge is 0.303 e. The van der Waals surface area contributed by atoms with E-state index < -0.39 is 11.9 Å².